The normalized spacial score (nSPS) is 11.9. The van der Waals surface area contributed by atoms with Gasteiger partial charge in [-0.25, -0.2) is 4.98 Å². The fraction of sp³-hybridized carbons (Fsp3) is 0. The van der Waals surface area contributed by atoms with E-state index < -0.39 is 0 Å². The molecular weight excluding hydrogens is 496 g/mol. The van der Waals surface area contributed by atoms with Crippen molar-refractivity contribution in [2.24, 2.45) is 0 Å². The van der Waals surface area contributed by atoms with Gasteiger partial charge in [0, 0.05) is 22.2 Å². The smallest absolute Gasteiger partial charge is 0.0736 e. The molecule has 8 rings (SSSR count). The van der Waals surface area contributed by atoms with Gasteiger partial charge in [0.15, 0.2) is 0 Å². The SMILES string of the molecule is c1ccc(-c2cc(-c3ccccc3)cc(N3c4ccccc4-c4cc(-c5ccccc5)nc5cccc3c45)c2)cc1. The third kappa shape index (κ3) is 4.00. The van der Waals surface area contributed by atoms with Crippen LogP contribution in [0.5, 0.6) is 0 Å². The molecule has 0 aliphatic carbocycles. The number of hydrogen-bond acceptors (Lipinski definition) is 2. The molecule has 6 aromatic carbocycles. The van der Waals surface area contributed by atoms with Crippen LogP contribution in [0.15, 0.2) is 158 Å². The van der Waals surface area contributed by atoms with Crippen LogP contribution in [-0.4, -0.2) is 4.98 Å². The van der Waals surface area contributed by atoms with Crippen LogP contribution in [0.2, 0.25) is 0 Å². The Bertz CT molecular complexity index is 1970. The van der Waals surface area contributed by atoms with Crippen molar-refractivity contribution in [2.75, 3.05) is 4.90 Å². The predicted molar refractivity (Wildman–Crippen MR) is 172 cm³/mol. The maximum atomic E-state index is 5.15. The van der Waals surface area contributed by atoms with E-state index in [0.717, 1.165) is 28.1 Å². The van der Waals surface area contributed by atoms with Crippen molar-refractivity contribution in [2.45, 2.75) is 0 Å². The Morgan fingerprint density at radius 1 is 0.390 bits per heavy atom. The number of rotatable bonds is 4. The summed E-state index contributed by atoms with van der Waals surface area (Å²) in [5, 5.41) is 1.18. The first-order chi connectivity index (χ1) is 20.3. The Morgan fingerprint density at radius 2 is 0.951 bits per heavy atom. The summed E-state index contributed by atoms with van der Waals surface area (Å²) < 4.78 is 0. The molecule has 192 valence electrons. The number of anilines is 3. The Balaban J connectivity index is 1.41. The van der Waals surface area contributed by atoms with E-state index >= 15 is 0 Å². The third-order valence-electron chi connectivity index (χ3n) is 7.95. The minimum absolute atomic E-state index is 0.992. The molecule has 0 bridgehead atoms. The molecule has 0 N–H and O–H groups in total. The highest BCUT2D eigenvalue weighted by Gasteiger charge is 2.27. The van der Waals surface area contributed by atoms with E-state index in [4.69, 9.17) is 4.98 Å². The zero-order chi connectivity index (χ0) is 27.2. The quantitative estimate of drug-likeness (QED) is 0.228. The number of nitrogens with zero attached hydrogens (tertiary/aromatic N) is 2. The van der Waals surface area contributed by atoms with E-state index in [0.29, 0.717) is 0 Å². The first kappa shape index (κ1) is 23.4. The van der Waals surface area contributed by atoms with Crippen LogP contribution in [0.1, 0.15) is 0 Å². The lowest BCUT2D eigenvalue weighted by atomic mass is 9.90. The second-order valence-electron chi connectivity index (χ2n) is 10.4. The zero-order valence-electron chi connectivity index (χ0n) is 22.4. The summed E-state index contributed by atoms with van der Waals surface area (Å²) in [6, 6.07) is 56.2. The molecule has 0 spiro atoms. The molecule has 0 atom stereocenters. The van der Waals surface area contributed by atoms with E-state index in [1.807, 2.05) is 6.07 Å². The highest BCUT2D eigenvalue weighted by molar-refractivity contribution is 6.13. The first-order valence-corrected chi connectivity index (χ1v) is 14.0. The molecule has 0 radical (unpaired) electrons. The van der Waals surface area contributed by atoms with Crippen LogP contribution < -0.4 is 4.90 Å². The van der Waals surface area contributed by atoms with E-state index in [2.05, 4.69) is 157 Å². The molecule has 1 aliphatic rings. The summed E-state index contributed by atoms with van der Waals surface area (Å²) in [6.07, 6.45) is 0. The van der Waals surface area contributed by atoms with Gasteiger partial charge in [0.05, 0.1) is 22.6 Å². The molecule has 0 fully saturated rings. The minimum atomic E-state index is 0.992. The third-order valence-corrected chi connectivity index (χ3v) is 7.95. The molecule has 1 aromatic heterocycles. The monoisotopic (exact) mass is 522 g/mol. The largest absolute Gasteiger partial charge is 0.309 e. The molecule has 41 heavy (non-hydrogen) atoms. The molecule has 0 saturated carbocycles. The summed E-state index contributed by atoms with van der Waals surface area (Å²) >= 11 is 0. The topological polar surface area (TPSA) is 16.1 Å². The van der Waals surface area contributed by atoms with Gasteiger partial charge in [-0.05, 0) is 70.3 Å². The lowest BCUT2D eigenvalue weighted by molar-refractivity contribution is 1.27. The number of benzene rings is 6. The fourth-order valence-electron chi connectivity index (χ4n) is 6.06. The van der Waals surface area contributed by atoms with E-state index in [1.165, 1.54) is 44.5 Å². The zero-order valence-corrected chi connectivity index (χ0v) is 22.4. The number of pyridine rings is 1. The van der Waals surface area contributed by atoms with Gasteiger partial charge < -0.3 is 4.90 Å². The van der Waals surface area contributed by atoms with Crippen molar-refractivity contribution in [3.63, 3.8) is 0 Å². The summed E-state index contributed by atoms with van der Waals surface area (Å²) in [6.45, 7) is 0. The standard InChI is InChI=1S/C39H26N2/c1-4-13-27(14-5-1)30-23-31(28-15-6-2-7-16-28)25-32(24-30)41-37-21-11-10-19-33(37)34-26-36(29-17-8-3-9-18-29)40-35-20-12-22-38(41)39(34)35/h1-26H. The van der Waals surface area contributed by atoms with Crippen molar-refractivity contribution in [3.05, 3.63) is 158 Å². The molecule has 1 aliphatic heterocycles. The second-order valence-corrected chi connectivity index (χ2v) is 10.4. The lowest BCUT2D eigenvalue weighted by Gasteiger charge is -2.34. The number of hydrogen-bond donors (Lipinski definition) is 0. The van der Waals surface area contributed by atoms with Gasteiger partial charge in [0.2, 0.25) is 0 Å². The Hall–Kier alpha value is -5.47. The molecule has 2 nitrogen and oxygen atoms in total. The van der Waals surface area contributed by atoms with Gasteiger partial charge in [0.25, 0.3) is 0 Å². The Labute approximate surface area is 239 Å². The molecule has 0 amide bonds. The van der Waals surface area contributed by atoms with Gasteiger partial charge in [-0.3, -0.25) is 0 Å². The van der Waals surface area contributed by atoms with E-state index in [9.17, 15) is 0 Å². The van der Waals surface area contributed by atoms with Gasteiger partial charge in [-0.15, -0.1) is 0 Å². The van der Waals surface area contributed by atoms with Crippen LogP contribution in [0.4, 0.5) is 17.1 Å². The summed E-state index contributed by atoms with van der Waals surface area (Å²) in [5.41, 5.74) is 13.8. The average molecular weight is 523 g/mol. The maximum absolute atomic E-state index is 5.15. The Morgan fingerprint density at radius 3 is 1.61 bits per heavy atom. The highest BCUT2D eigenvalue weighted by Crippen LogP contribution is 2.52. The van der Waals surface area contributed by atoms with Crippen LogP contribution in [0, 0.1) is 0 Å². The number of aromatic nitrogens is 1. The van der Waals surface area contributed by atoms with Crippen molar-refractivity contribution < 1.29 is 0 Å². The predicted octanol–water partition coefficient (Wildman–Crippen LogP) is 10.7. The molecule has 0 unspecified atom stereocenters. The molecular formula is C39H26N2. The minimum Gasteiger partial charge on any atom is -0.309 e. The van der Waals surface area contributed by atoms with Crippen LogP contribution in [0.3, 0.4) is 0 Å². The van der Waals surface area contributed by atoms with Gasteiger partial charge in [-0.1, -0.05) is 115 Å². The summed E-state index contributed by atoms with van der Waals surface area (Å²) in [5.74, 6) is 0. The summed E-state index contributed by atoms with van der Waals surface area (Å²) in [4.78, 5) is 7.56. The van der Waals surface area contributed by atoms with Crippen LogP contribution in [0.25, 0.3) is 55.5 Å². The Kier molecular flexibility index (Phi) is 5.49. The second kappa shape index (κ2) is 9.62. The van der Waals surface area contributed by atoms with Crippen molar-refractivity contribution >= 4 is 28.0 Å². The molecule has 2 heterocycles. The highest BCUT2D eigenvalue weighted by atomic mass is 15.2. The van der Waals surface area contributed by atoms with Crippen molar-refractivity contribution in [1.29, 1.82) is 0 Å². The number of para-hydroxylation sites is 1. The maximum Gasteiger partial charge on any atom is 0.0736 e. The van der Waals surface area contributed by atoms with Crippen molar-refractivity contribution in [3.8, 4) is 44.6 Å². The summed E-state index contributed by atoms with van der Waals surface area (Å²) in [7, 11) is 0. The molecule has 2 heteroatoms. The van der Waals surface area contributed by atoms with Crippen LogP contribution in [-0.2, 0) is 0 Å². The van der Waals surface area contributed by atoms with Gasteiger partial charge >= 0.3 is 0 Å². The molecule has 7 aromatic rings. The lowest BCUT2D eigenvalue weighted by Crippen LogP contribution is -2.15. The van der Waals surface area contributed by atoms with Gasteiger partial charge in [-0.2, -0.15) is 0 Å². The number of fused-ring (bicyclic) bond motifs is 2. The van der Waals surface area contributed by atoms with E-state index in [-0.39, 0.29) is 0 Å². The average Bonchev–Trinajstić information content (AvgIpc) is 3.06. The molecule has 0 saturated heterocycles. The van der Waals surface area contributed by atoms with E-state index in [1.54, 1.807) is 0 Å². The fourth-order valence-corrected chi connectivity index (χ4v) is 6.06. The van der Waals surface area contributed by atoms with Crippen molar-refractivity contribution in [1.82, 2.24) is 4.98 Å². The van der Waals surface area contributed by atoms with Crippen LogP contribution >= 0.6 is 0 Å². The first-order valence-electron chi connectivity index (χ1n) is 14.0. The van der Waals surface area contributed by atoms with Gasteiger partial charge in [0.1, 0.15) is 0 Å².